The van der Waals surface area contributed by atoms with Crippen molar-refractivity contribution < 1.29 is 4.79 Å². The molecule has 0 bridgehead atoms. The highest BCUT2D eigenvalue weighted by Gasteiger charge is 2.07. The van der Waals surface area contributed by atoms with Gasteiger partial charge in [-0.3, -0.25) is 9.48 Å². The molecule has 1 aromatic rings. The van der Waals surface area contributed by atoms with Crippen LogP contribution in [-0.2, 0) is 6.54 Å². The summed E-state index contributed by atoms with van der Waals surface area (Å²) in [6.07, 6.45) is 9.87. The van der Waals surface area contributed by atoms with Crippen LogP contribution in [-0.4, -0.2) is 15.6 Å². The average molecular weight is 222 g/mol. The smallest absolute Gasteiger partial charge is 0.166 e. The summed E-state index contributed by atoms with van der Waals surface area (Å²) in [5.74, 6) is 0.235. The Kier molecular flexibility index (Phi) is 5.83. The fraction of sp³-hybridized carbons (Fsp3) is 0.692. The first-order valence-electron chi connectivity index (χ1n) is 6.33. The highest BCUT2D eigenvalue weighted by molar-refractivity contribution is 5.95. The zero-order valence-corrected chi connectivity index (χ0v) is 10.4. The molecule has 0 radical (unpaired) electrons. The van der Waals surface area contributed by atoms with E-state index in [1.807, 2.05) is 10.9 Å². The van der Waals surface area contributed by atoms with E-state index < -0.39 is 0 Å². The maximum Gasteiger partial charge on any atom is 0.166 e. The molecule has 1 rings (SSSR count). The normalized spacial score (nSPS) is 10.6. The zero-order chi connectivity index (χ0) is 11.8. The number of aromatic nitrogens is 2. The Morgan fingerprint density at radius 3 is 2.75 bits per heavy atom. The summed E-state index contributed by atoms with van der Waals surface area (Å²) >= 11 is 0. The number of Topliss-reactive ketones (excluding diaryl/α,β-unsaturated/α-hetero) is 1. The summed E-state index contributed by atoms with van der Waals surface area (Å²) in [6.45, 7) is 5.17. The van der Waals surface area contributed by atoms with E-state index in [0.29, 0.717) is 6.42 Å². The van der Waals surface area contributed by atoms with E-state index in [9.17, 15) is 4.79 Å². The number of carbonyl (C=O) groups excluding carboxylic acids is 1. The van der Waals surface area contributed by atoms with Gasteiger partial charge in [-0.05, 0) is 12.8 Å². The average Bonchev–Trinajstić information content (AvgIpc) is 2.73. The van der Waals surface area contributed by atoms with Gasteiger partial charge in [-0.25, -0.2) is 0 Å². The molecule has 0 aliphatic rings. The summed E-state index contributed by atoms with van der Waals surface area (Å²) in [5.41, 5.74) is 0.768. The predicted octanol–water partition coefficient (Wildman–Crippen LogP) is 3.45. The van der Waals surface area contributed by atoms with Crippen LogP contribution in [0.25, 0.3) is 0 Å². The number of rotatable bonds is 8. The second kappa shape index (κ2) is 7.20. The monoisotopic (exact) mass is 222 g/mol. The van der Waals surface area contributed by atoms with E-state index in [1.54, 1.807) is 6.20 Å². The van der Waals surface area contributed by atoms with Crippen molar-refractivity contribution in [2.45, 2.75) is 58.9 Å². The fourth-order valence-corrected chi connectivity index (χ4v) is 1.72. The molecular weight excluding hydrogens is 200 g/mol. The van der Waals surface area contributed by atoms with E-state index in [1.165, 1.54) is 12.8 Å². The SMILES string of the molecule is CCCCCCC(=O)c1cnn(CCC)c1. The van der Waals surface area contributed by atoms with Gasteiger partial charge in [-0.1, -0.05) is 33.1 Å². The Morgan fingerprint density at radius 1 is 1.25 bits per heavy atom. The minimum absolute atomic E-state index is 0.235. The number of hydrogen-bond acceptors (Lipinski definition) is 2. The third-order valence-corrected chi connectivity index (χ3v) is 2.67. The summed E-state index contributed by atoms with van der Waals surface area (Å²) in [6, 6.07) is 0. The van der Waals surface area contributed by atoms with Crippen LogP contribution in [0.4, 0.5) is 0 Å². The quantitative estimate of drug-likeness (QED) is 0.499. The molecule has 0 atom stereocenters. The summed E-state index contributed by atoms with van der Waals surface area (Å²) in [4.78, 5) is 11.8. The van der Waals surface area contributed by atoms with E-state index in [4.69, 9.17) is 0 Å². The molecule has 90 valence electrons. The van der Waals surface area contributed by atoms with Crippen LogP contribution in [0.3, 0.4) is 0 Å². The number of nitrogens with zero attached hydrogens (tertiary/aromatic N) is 2. The van der Waals surface area contributed by atoms with Crippen molar-refractivity contribution >= 4 is 5.78 Å². The number of unbranched alkanes of at least 4 members (excludes halogenated alkanes) is 3. The lowest BCUT2D eigenvalue weighted by atomic mass is 10.1. The van der Waals surface area contributed by atoms with Crippen molar-refractivity contribution in [3.8, 4) is 0 Å². The van der Waals surface area contributed by atoms with Crippen LogP contribution < -0.4 is 0 Å². The van der Waals surface area contributed by atoms with E-state index in [0.717, 1.165) is 31.4 Å². The van der Waals surface area contributed by atoms with Gasteiger partial charge in [-0.2, -0.15) is 5.10 Å². The van der Waals surface area contributed by atoms with E-state index >= 15 is 0 Å². The molecule has 3 nitrogen and oxygen atoms in total. The van der Waals surface area contributed by atoms with Crippen molar-refractivity contribution in [2.24, 2.45) is 0 Å². The number of ketones is 1. The predicted molar refractivity (Wildman–Crippen MR) is 65.6 cm³/mol. The Balaban J connectivity index is 2.34. The van der Waals surface area contributed by atoms with Crippen molar-refractivity contribution in [1.82, 2.24) is 9.78 Å². The Labute approximate surface area is 97.8 Å². The third-order valence-electron chi connectivity index (χ3n) is 2.67. The molecule has 0 spiro atoms. The Morgan fingerprint density at radius 2 is 2.06 bits per heavy atom. The van der Waals surface area contributed by atoms with Crippen LogP contribution >= 0.6 is 0 Å². The highest BCUT2D eigenvalue weighted by Crippen LogP contribution is 2.08. The van der Waals surface area contributed by atoms with Gasteiger partial charge in [0.15, 0.2) is 5.78 Å². The molecule has 0 aliphatic heterocycles. The summed E-state index contributed by atoms with van der Waals surface area (Å²) in [7, 11) is 0. The molecule has 16 heavy (non-hydrogen) atoms. The standard InChI is InChI=1S/C13H22N2O/c1-3-5-6-7-8-13(16)12-10-14-15(11-12)9-4-2/h10-11H,3-9H2,1-2H3. The van der Waals surface area contributed by atoms with Gasteiger partial charge >= 0.3 is 0 Å². The Hall–Kier alpha value is -1.12. The summed E-state index contributed by atoms with van der Waals surface area (Å²) in [5, 5.41) is 4.17. The van der Waals surface area contributed by atoms with Crippen LogP contribution in [0.1, 0.15) is 62.7 Å². The molecule has 0 saturated carbocycles. The molecule has 3 heteroatoms. The van der Waals surface area contributed by atoms with Gasteiger partial charge in [0.05, 0.1) is 11.8 Å². The molecule has 0 N–H and O–H groups in total. The first-order valence-corrected chi connectivity index (χ1v) is 6.33. The summed E-state index contributed by atoms with van der Waals surface area (Å²) < 4.78 is 1.85. The van der Waals surface area contributed by atoms with Crippen molar-refractivity contribution in [3.63, 3.8) is 0 Å². The fourth-order valence-electron chi connectivity index (χ4n) is 1.72. The third kappa shape index (κ3) is 4.17. The van der Waals surface area contributed by atoms with Crippen LogP contribution in [0.5, 0.6) is 0 Å². The molecule has 0 amide bonds. The van der Waals surface area contributed by atoms with Crippen molar-refractivity contribution in [1.29, 1.82) is 0 Å². The largest absolute Gasteiger partial charge is 0.294 e. The van der Waals surface area contributed by atoms with Gasteiger partial charge in [0.25, 0.3) is 0 Å². The number of aryl methyl sites for hydroxylation is 1. The maximum absolute atomic E-state index is 11.8. The molecule has 0 unspecified atom stereocenters. The topological polar surface area (TPSA) is 34.9 Å². The zero-order valence-electron chi connectivity index (χ0n) is 10.4. The second-order valence-corrected chi connectivity index (χ2v) is 4.23. The number of carbonyl (C=O) groups is 1. The van der Waals surface area contributed by atoms with Crippen molar-refractivity contribution in [2.75, 3.05) is 0 Å². The van der Waals surface area contributed by atoms with Gasteiger partial charge in [0.1, 0.15) is 0 Å². The molecule has 0 saturated heterocycles. The minimum atomic E-state index is 0.235. The van der Waals surface area contributed by atoms with Gasteiger partial charge in [0, 0.05) is 19.2 Å². The lowest BCUT2D eigenvalue weighted by Crippen LogP contribution is -1.99. The number of hydrogen-bond donors (Lipinski definition) is 0. The highest BCUT2D eigenvalue weighted by atomic mass is 16.1. The van der Waals surface area contributed by atoms with E-state index in [-0.39, 0.29) is 5.78 Å². The lowest BCUT2D eigenvalue weighted by Gasteiger charge is -1.98. The lowest BCUT2D eigenvalue weighted by molar-refractivity contribution is 0.0979. The van der Waals surface area contributed by atoms with Crippen molar-refractivity contribution in [3.05, 3.63) is 18.0 Å². The first-order chi connectivity index (χ1) is 7.77. The molecule has 1 heterocycles. The minimum Gasteiger partial charge on any atom is -0.294 e. The molecule has 0 fully saturated rings. The molecule has 0 aliphatic carbocycles. The van der Waals surface area contributed by atoms with Gasteiger partial charge in [0.2, 0.25) is 0 Å². The van der Waals surface area contributed by atoms with Gasteiger partial charge < -0.3 is 0 Å². The Bertz CT molecular complexity index is 317. The molecule has 1 aromatic heterocycles. The maximum atomic E-state index is 11.8. The molecule has 0 aromatic carbocycles. The second-order valence-electron chi connectivity index (χ2n) is 4.23. The molecular formula is C13H22N2O. The van der Waals surface area contributed by atoms with E-state index in [2.05, 4.69) is 18.9 Å². The van der Waals surface area contributed by atoms with Crippen LogP contribution in [0, 0.1) is 0 Å². The van der Waals surface area contributed by atoms with Crippen LogP contribution in [0.15, 0.2) is 12.4 Å². The first kappa shape index (κ1) is 12.9. The van der Waals surface area contributed by atoms with Crippen LogP contribution in [0.2, 0.25) is 0 Å². The van der Waals surface area contributed by atoms with Gasteiger partial charge in [-0.15, -0.1) is 0 Å².